The molecule has 0 saturated carbocycles. The van der Waals surface area contributed by atoms with E-state index in [2.05, 4.69) is 33.8 Å². The van der Waals surface area contributed by atoms with Crippen LogP contribution in [0.5, 0.6) is 5.75 Å². The predicted molar refractivity (Wildman–Crippen MR) is 111 cm³/mol. The fourth-order valence-electron chi connectivity index (χ4n) is 2.84. The first-order valence-electron chi connectivity index (χ1n) is 8.38. The van der Waals surface area contributed by atoms with E-state index in [9.17, 15) is 4.79 Å². The molecule has 0 radical (unpaired) electrons. The third-order valence-electron chi connectivity index (χ3n) is 4.14. The minimum absolute atomic E-state index is 0.334. The average Bonchev–Trinajstić information content (AvgIpc) is 3.16. The summed E-state index contributed by atoms with van der Waals surface area (Å²) in [4.78, 5) is 16.8. The van der Waals surface area contributed by atoms with E-state index >= 15 is 0 Å². The van der Waals surface area contributed by atoms with Crippen LogP contribution in [0.25, 0.3) is 22.0 Å². The molecule has 2 amide bonds. The van der Waals surface area contributed by atoms with Crippen LogP contribution in [0.2, 0.25) is 0 Å². The molecule has 4 rings (SSSR count). The molecule has 0 bridgehead atoms. The molecule has 0 saturated heterocycles. The lowest BCUT2D eigenvalue weighted by atomic mass is 10.0. The second-order valence-electron chi connectivity index (χ2n) is 5.87. The van der Waals surface area contributed by atoms with Crippen molar-refractivity contribution in [2.45, 2.75) is 0 Å². The maximum absolute atomic E-state index is 12.2. The number of thiazole rings is 1. The van der Waals surface area contributed by atoms with Gasteiger partial charge in [-0.05, 0) is 35.0 Å². The number of urea groups is 1. The normalized spacial score (nSPS) is 10.6. The van der Waals surface area contributed by atoms with Crippen molar-refractivity contribution in [3.05, 3.63) is 72.1 Å². The number of carbonyl (C=O) groups is 1. The molecule has 0 aliphatic rings. The van der Waals surface area contributed by atoms with E-state index in [0.29, 0.717) is 10.8 Å². The van der Waals surface area contributed by atoms with Crippen molar-refractivity contribution >= 4 is 39.0 Å². The van der Waals surface area contributed by atoms with Gasteiger partial charge in [0.05, 0.1) is 12.8 Å². The van der Waals surface area contributed by atoms with Crippen molar-refractivity contribution in [1.82, 2.24) is 4.98 Å². The monoisotopic (exact) mass is 375 g/mol. The van der Waals surface area contributed by atoms with Crippen LogP contribution >= 0.6 is 11.3 Å². The molecular formula is C21H17N3O2S. The predicted octanol–water partition coefficient (Wildman–Crippen LogP) is 5.62. The van der Waals surface area contributed by atoms with Crippen molar-refractivity contribution in [3.8, 4) is 17.0 Å². The lowest BCUT2D eigenvalue weighted by Gasteiger charge is -2.06. The van der Waals surface area contributed by atoms with E-state index in [1.165, 1.54) is 11.3 Å². The number of amides is 2. The standard InChI is InChI=1S/C21H17N3O2S/c1-26-16-11-9-15(10-12-16)22-20(25)24-21-23-19(13-27-21)18-8-4-6-14-5-2-3-7-17(14)18/h2-13H,1H3,(H2,22,23,24,25). The zero-order valence-corrected chi connectivity index (χ0v) is 15.4. The summed E-state index contributed by atoms with van der Waals surface area (Å²) < 4.78 is 5.11. The maximum Gasteiger partial charge on any atom is 0.325 e. The molecule has 0 unspecified atom stereocenters. The Kier molecular flexibility index (Phi) is 4.72. The van der Waals surface area contributed by atoms with Gasteiger partial charge in [-0.25, -0.2) is 9.78 Å². The van der Waals surface area contributed by atoms with Gasteiger partial charge >= 0.3 is 6.03 Å². The molecule has 0 spiro atoms. The number of benzene rings is 3. The third kappa shape index (κ3) is 3.75. The van der Waals surface area contributed by atoms with Gasteiger partial charge in [-0.3, -0.25) is 5.32 Å². The second-order valence-corrected chi connectivity index (χ2v) is 6.73. The van der Waals surface area contributed by atoms with Crippen LogP contribution in [0, 0.1) is 0 Å². The van der Waals surface area contributed by atoms with E-state index in [1.54, 1.807) is 31.4 Å². The largest absolute Gasteiger partial charge is 0.497 e. The molecule has 1 heterocycles. The Balaban J connectivity index is 1.49. The number of nitrogens with zero attached hydrogens (tertiary/aromatic N) is 1. The summed E-state index contributed by atoms with van der Waals surface area (Å²) in [5.41, 5.74) is 2.57. The van der Waals surface area contributed by atoms with Crippen LogP contribution in [0.1, 0.15) is 0 Å². The molecule has 5 nitrogen and oxygen atoms in total. The fourth-order valence-corrected chi connectivity index (χ4v) is 3.54. The Morgan fingerprint density at radius 2 is 1.74 bits per heavy atom. The quantitative estimate of drug-likeness (QED) is 0.487. The molecule has 0 fully saturated rings. The molecular weight excluding hydrogens is 358 g/mol. The van der Waals surface area contributed by atoms with Gasteiger partial charge in [0.2, 0.25) is 0 Å². The molecule has 134 valence electrons. The Morgan fingerprint density at radius 1 is 0.963 bits per heavy atom. The van der Waals surface area contributed by atoms with Gasteiger partial charge in [0.15, 0.2) is 5.13 Å². The summed E-state index contributed by atoms with van der Waals surface area (Å²) >= 11 is 1.39. The topological polar surface area (TPSA) is 63.2 Å². The van der Waals surface area contributed by atoms with E-state index in [4.69, 9.17) is 4.74 Å². The van der Waals surface area contributed by atoms with Gasteiger partial charge in [-0.1, -0.05) is 42.5 Å². The molecule has 3 aromatic carbocycles. The van der Waals surface area contributed by atoms with Gasteiger partial charge in [-0.15, -0.1) is 11.3 Å². The van der Waals surface area contributed by atoms with Gasteiger partial charge in [0.25, 0.3) is 0 Å². The zero-order chi connectivity index (χ0) is 18.6. The number of hydrogen-bond donors (Lipinski definition) is 2. The number of methoxy groups -OCH3 is 1. The van der Waals surface area contributed by atoms with Crippen molar-refractivity contribution < 1.29 is 9.53 Å². The van der Waals surface area contributed by atoms with E-state index in [0.717, 1.165) is 27.8 Å². The number of hydrogen-bond acceptors (Lipinski definition) is 4. The lowest BCUT2D eigenvalue weighted by molar-refractivity contribution is 0.262. The molecule has 2 N–H and O–H groups in total. The minimum Gasteiger partial charge on any atom is -0.497 e. The first kappa shape index (κ1) is 17.1. The van der Waals surface area contributed by atoms with Crippen LogP contribution in [0.4, 0.5) is 15.6 Å². The second kappa shape index (κ2) is 7.47. The van der Waals surface area contributed by atoms with Crippen LogP contribution in [0.3, 0.4) is 0 Å². The van der Waals surface area contributed by atoms with Crippen molar-refractivity contribution in [1.29, 1.82) is 0 Å². The highest BCUT2D eigenvalue weighted by Crippen LogP contribution is 2.31. The Bertz CT molecular complexity index is 1080. The van der Waals surface area contributed by atoms with Crippen molar-refractivity contribution in [2.24, 2.45) is 0 Å². The van der Waals surface area contributed by atoms with Gasteiger partial charge in [-0.2, -0.15) is 0 Å². The molecule has 0 aliphatic heterocycles. The highest BCUT2D eigenvalue weighted by Gasteiger charge is 2.10. The molecule has 6 heteroatoms. The van der Waals surface area contributed by atoms with Crippen LogP contribution < -0.4 is 15.4 Å². The van der Waals surface area contributed by atoms with Gasteiger partial charge < -0.3 is 10.1 Å². The summed E-state index contributed by atoms with van der Waals surface area (Å²) in [6.07, 6.45) is 0. The van der Waals surface area contributed by atoms with Gasteiger partial charge in [0, 0.05) is 16.6 Å². The van der Waals surface area contributed by atoms with E-state index in [1.807, 2.05) is 29.6 Å². The van der Waals surface area contributed by atoms with E-state index in [-0.39, 0.29) is 6.03 Å². The smallest absolute Gasteiger partial charge is 0.325 e. The first-order valence-corrected chi connectivity index (χ1v) is 9.26. The molecule has 27 heavy (non-hydrogen) atoms. The van der Waals surface area contributed by atoms with Crippen molar-refractivity contribution in [2.75, 3.05) is 17.7 Å². The van der Waals surface area contributed by atoms with Gasteiger partial charge in [0.1, 0.15) is 5.75 Å². The lowest BCUT2D eigenvalue weighted by Crippen LogP contribution is -2.19. The van der Waals surface area contributed by atoms with Crippen molar-refractivity contribution in [3.63, 3.8) is 0 Å². The number of anilines is 2. The van der Waals surface area contributed by atoms with Crippen LogP contribution in [-0.4, -0.2) is 18.1 Å². The first-order chi connectivity index (χ1) is 13.2. The summed E-state index contributed by atoms with van der Waals surface area (Å²) in [5.74, 6) is 0.737. The number of rotatable bonds is 4. The molecule has 0 atom stereocenters. The number of nitrogens with one attached hydrogen (secondary N) is 2. The number of aromatic nitrogens is 1. The Hall–Kier alpha value is -3.38. The highest BCUT2D eigenvalue weighted by atomic mass is 32.1. The van der Waals surface area contributed by atoms with E-state index < -0.39 is 0 Å². The zero-order valence-electron chi connectivity index (χ0n) is 14.6. The summed E-state index contributed by atoms with van der Waals surface area (Å²) in [6.45, 7) is 0. The highest BCUT2D eigenvalue weighted by molar-refractivity contribution is 7.14. The number of ether oxygens (including phenoxy) is 1. The van der Waals surface area contributed by atoms with Crippen LogP contribution in [0.15, 0.2) is 72.1 Å². The number of fused-ring (bicyclic) bond motifs is 1. The Labute approximate surface area is 160 Å². The summed E-state index contributed by atoms with van der Waals surface area (Å²) in [6, 6.07) is 21.1. The third-order valence-corrected chi connectivity index (χ3v) is 4.90. The Morgan fingerprint density at radius 3 is 2.56 bits per heavy atom. The molecule has 4 aromatic rings. The minimum atomic E-state index is -0.334. The summed E-state index contributed by atoms with van der Waals surface area (Å²) in [7, 11) is 1.60. The van der Waals surface area contributed by atoms with Crippen LogP contribution in [-0.2, 0) is 0 Å². The summed E-state index contributed by atoms with van der Waals surface area (Å²) in [5, 5.41) is 10.4. The average molecular weight is 375 g/mol. The number of carbonyl (C=O) groups excluding carboxylic acids is 1. The molecule has 0 aliphatic carbocycles. The SMILES string of the molecule is COc1ccc(NC(=O)Nc2nc(-c3cccc4ccccc34)cs2)cc1. The fraction of sp³-hybridized carbons (Fsp3) is 0.0476. The maximum atomic E-state index is 12.2. The molecule has 1 aromatic heterocycles.